The number of likely N-dealkylation sites (tertiary alicyclic amines) is 1. The van der Waals surface area contributed by atoms with Crippen LogP contribution in [0.15, 0.2) is 36.4 Å². The summed E-state index contributed by atoms with van der Waals surface area (Å²) in [5.74, 6) is -0.479. The SMILES string of the molecule is O=C(Oc1ccc2ccccc2c1F)N1CCCCC1. The van der Waals surface area contributed by atoms with Gasteiger partial charge in [-0.1, -0.05) is 30.3 Å². The lowest BCUT2D eigenvalue weighted by Gasteiger charge is -2.25. The Labute approximate surface area is 116 Å². The molecule has 0 unspecified atom stereocenters. The van der Waals surface area contributed by atoms with Crippen LogP contribution in [-0.2, 0) is 0 Å². The monoisotopic (exact) mass is 273 g/mol. The molecular formula is C16H16FNO2. The number of hydrogen-bond acceptors (Lipinski definition) is 2. The van der Waals surface area contributed by atoms with Gasteiger partial charge in [-0.25, -0.2) is 9.18 Å². The van der Waals surface area contributed by atoms with Gasteiger partial charge < -0.3 is 9.64 Å². The molecule has 1 aliphatic rings. The van der Waals surface area contributed by atoms with E-state index in [1.165, 1.54) is 6.07 Å². The number of carbonyl (C=O) groups is 1. The van der Waals surface area contributed by atoms with Crippen molar-refractivity contribution in [2.45, 2.75) is 19.3 Å². The summed E-state index contributed by atoms with van der Waals surface area (Å²) < 4.78 is 19.5. The minimum atomic E-state index is -0.478. The first-order valence-corrected chi connectivity index (χ1v) is 6.90. The predicted molar refractivity (Wildman–Crippen MR) is 75.4 cm³/mol. The second kappa shape index (κ2) is 5.49. The van der Waals surface area contributed by atoms with Crippen molar-refractivity contribution in [2.75, 3.05) is 13.1 Å². The number of rotatable bonds is 1. The number of ether oxygens (including phenoxy) is 1. The normalized spacial score (nSPS) is 15.3. The van der Waals surface area contributed by atoms with E-state index in [2.05, 4.69) is 0 Å². The summed E-state index contributed by atoms with van der Waals surface area (Å²) in [6.07, 6.45) is 2.64. The van der Waals surface area contributed by atoms with Crippen molar-refractivity contribution < 1.29 is 13.9 Å². The van der Waals surface area contributed by atoms with Gasteiger partial charge in [0, 0.05) is 18.5 Å². The Kier molecular flexibility index (Phi) is 3.54. The summed E-state index contributed by atoms with van der Waals surface area (Å²) in [5.41, 5.74) is 0. The number of hydrogen-bond donors (Lipinski definition) is 0. The molecule has 104 valence electrons. The van der Waals surface area contributed by atoms with Crippen LogP contribution in [0.3, 0.4) is 0 Å². The zero-order valence-electron chi connectivity index (χ0n) is 11.1. The van der Waals surface area contributed by atoms with Crippen molar-refractivity contribution in [3.8, 4) is 5.75 Å². The summed E-state index contributed by atoms with van der Waals surface area (Å²) >= 11 is 0. The quantitative estimate of drug-likeness (QED) is 0.787. The molecule has 1 fully saturated rings. The van der Waals surface area contributed by atoms with Gasteiger partial charge in [0.25, 0.3) is 0 Å². The lowest BCUT2D eigenvalue weighted by atomic mass is 10.1. The minimum absolute atomic E-state index is 0.000673. The predicted octanol–water partition coefficient (Wildman–Crippen LogP) is 3.96. The van der Waals surface area contributed by atoms with Crippen LogP contribution in [0.4, 0.5) is 9.18 Å². The highest BCUT2D eigenvalue weighted by atomic mass is 19.1. The molecule has 4 heteroatoms. The first kappa shape index (κ1) is 12.9. The number of halogens is 1. The number of carbonyl (C=O) groups excluding carboxylic acids is 1. The molecule has 1 heterocycles. The third-order valence-corrected chi connectivity index (χ3v) is 3.64. The molecule has 0 atom stereocenters. The standard InChI is InChI=1S/C16H16FNO2/c17-15-13-7-3-2-6-12(13)8-9-14(15)20-16(19)18-10-4-1-5-11-18/h2-3,6-9H,1,4-5,10-11H2. The molecule has 2 aromatic rings. The van der Waals surface area contributed by atoms with Crippen molar-refractivity contribution in [2.24, 2.45) is 0 Å². The molecule has 0 bridgehead atoms. The average Bonchev–Trinajstić information content (AvgIpc) is 2.51. The maximum absolute atomic E-state index is 14.3. The molecule has 0 radical (unpaired) electrons. The molecule has 0 N–H and O–H groups in total. The highest BCUT2D eigenvalue weighted by Crippen LogP contribution is 2.26. The Morgan fingerprint density at radius 3 is 2.60 bits per heavy atom. The number of fused-ring (bicyclic) bond motifs is 1. The van der Waals surface area contributed by atoms with Gasteiger partial charge in [-0.2, -0.15) is 0 Å². The molecule has 0 aromatic heterocycles. The summed E-state index contributed by atoms with van der Waals surface area (Å²) in [6, 6.07) is 10.4. The van der Waals surface area contributed by atoms with Crippen LogP contribution in [0.25, 0.3) is 10.8 Å². The Morgan fingerprint density at radius 1 is 1.05 bits per heavy atom. The number of amides is 1. The third kappa shape index (κ3) is 2.46. The zero-order chi connectivity index (χ0) is 13.9. The first-order chi connectivity index (χ1) is 9.75. The second-order valence-corrected chi connectivity index (χ2v) is 5.01. The molecule has 2 aromatic carbocycles. The van der Waals surface area contributed by atoms with Crippen LogP contribution in [0.2, 0.25) is 0 Å². The van der Waals surface area contributed by atoms with E-state index in [9.17, 15) is 9.18 Å². The van der Waals surface area contributed by atoms with Gasteiger partial charge in [-0.3, -0.25) is 0 Å². The molecule has 3 rings (SSSR count). The van der Waals surface area contributed by atoms with E-state index in [0.29, 0.717) is 18.5 Å². The molecule has 1 aliphatic heterocycles. The Morgan fingerprint density at radius 2 is 1.80 bits per heavy atom. The maximum atomic E-state index is 14.3. The van der Waals surface area contributed by atoms with E-state index in [-0.39, 0.29) is 5.75 Å². The van der Waals surface area contributed by atoms with Gasteiger partial charge in [-0.05, 0) is 30.7 Å². The molecule has 0 aliphatic carbocycles. The van der Waals surface area contributed by atoms with Crippen LogP contribution < -0.4 is 4.74 Å². The molecule has 0 spiro atoms. The van der Waals surface area contributed by atoms with Crippen molar-refractivity contribution >= 4 is 16.9 Å². The lowest BCUT2D eigenvalue weighted by Crippen LogP contribution is -2.37. The van der Waals surface area contributed by atoms with Gasteiger partial charge in [0.1, 0.15) is 0 Å². The zero-order valence-corrected chi connectivity index (χ0v) is 11.1. The van der Waals surface area contributed by atoms with Crippen LogP contribution in [0.5, 0.6) is 5.75 Å². The summed E-state index contributed by atoms with van der Waals surface area (Å²) in [4.78, 5) is 13.6. The molecule has 20 heavy (non-hydrogen) atoms. The van der Waals surface area contributed by atoms with E-state index < -0.39 is 11.9 Å². The van der Waals surface area contributed by atoms with E-state index >= 15 is 0 Å². The van der Waals surface area contributed by atoms with Crippen molar-refractivity contribution in [3.63, 3.8) is 0 Å². The van der Waals surface area contributed by atoms with E-state index in [0.717, 1.165) is 24.6 Å². The number of benzene rings is 2. The van der Waals surface area contributed by atoms with Crippen LogP contribution in [0, 0.1) is 5.82 Å². The molecule has 3 nitrogen and oxygen atoms in total. The number of piperidine rings is 1. The van der Waals surface area contributed by atoms with Crippen LogP contribution in [0.1, 0.15) is 19.3 Å². The number of nitrogens with zero attached hydrogens (tertiary/aromatic N) is 1. The Balaban J connectivity index is 1.83. The van der Waals surface area contributed by atoms with E-state index in [1.807, 2.05) is 12.1 Å². The van der Waals surface area contributed by atoms with Gasteiger partial charge in [0.05, 0.1) is 0 Å². The Hall–Kier alpha value is -2.10. The highest BCUT2D eigenvalue weighted by molar-refractivity contribution is 5.85. The van der Waals surface area contributed by atoms with Crippen LogP contribution >= 0.6 is 0 Å². The highest BCUT2D eigenvalue weighted by Gasteiger charge is 2.20. The fourth-order valence-corrected chi connectivity index (χ4v) is 2.53. The molecule has 1 amide bonds. The fourth-order valence-electron chi connectivity index (χ4n) is 2.53. The fraction of sp³-hybridized carbons (Fsp3) is 0.312. The lowest BCUT2D eigenvalue weighted by molar-refractivity contribution is 0.141. The van der Waals surface area contributed by atoms with Gasteiger partial charge in [0.15, 0.2) is 11.6 Å². The van der Waals surface area contributed by atoms with Gasteiger partial charge in [0.2, 0.25) is 0 Å². The largest absolute Gasteiger partial charge is 0.415 e. The second-order valence-electron chi connectivity index (χ2n) is 5.01. The van der Waals surface area contributed by atoms with E-state index in [1.54, 1.807) is 23.1 Å². The summed E-state index contributed by atoms with van der Waals surface area (Å²) in [7, 11) is 0. The molecule has 0 saturated carbocycles. The Bertz CT molecular complexity index is 635. The van der Waals surface area contributed by atoms with Crippen molar-refractivity contribution in [1.82, 2.24) is 4.90 Å². The van der Waals surface area contributed by atoms with E-state index in [4.69, 9.17) is 4.74 Å². The van der Waals surface area contributed by atoms with Gasteiger partial charge in [-0.15, -0.1) is 0 Å². The summed E-state index contributed by atoms with van der Waals surface area (Å²) in [5, 5.41) is 1.26. The maximum Gasteiger partial charge on any atom is 0.415 e. The molecular weight excluding hydrogens is 257 g/mol. The topological polar surface area (TPSA) is 29.5 Å². The van der Waals surface area contributed by atoms with Gasteiger partial charge >= 0.3 is 6.09 Å². The van der Waals surface area contributed by atoms with Crippen molar-refractivity contribution in [3.05, 3.63) is 42.2 Å². The summed E-state index contributed by atoms with van der Waals surface area (Å²) in [6.45, 7) is 1.38. The first-order valence-electron chi connectivity index (χ1n) is 6.90. The third-order valence-electron chi connectivity index (χ3n) is 3.64. The smallest absolute Gasteiger partial charge is 0.407 e. The van der Waals surface area contributed by atoms with Crippen LogP contribution in [-0.4, -0.2) is 24.1 Å². The minimum Gasteiger partial charge on any atom is -0.407 e. The molecule has 1 saturated heterocycles. The average molecular weight is 273 g/mol. The van der Waals surface area contributed by atoms with Crippen molar-refractivity contribution in [1.29, 1.82) is 0 Å².